The van der Waals surface area contributed by atoms with Gasteiger partial charge in [-0.25, -0.2) is 4.98 Å². The Morgan fingerprint density at radius 3 is 2.83 bits per heavy atom. The normalized spacial score (nSPS) is 13.8. The molecule has 3 aromatic rings. The van der Waals surface area contributed by atoms with Gasteiger partial charge in [0, 0.05) is 12.7 Å². The number of aryl methyl sites for hydroxylation is 2. The first kappa shape index (κ1) is 19.1. The summed E-state index contributed by atoms with van der Waals surface area (Å²) in [5.74, 6) is 2.40. The zero-order valence-corrected chi connectivity index (χ0v) is 16.8. The van der Waals surface area contributed by atoms with E-state index in [2.05, 4.69) is 16.2 Å². The van der Waals surface area contributed by atoms with Crippen LogP contribution in [0, 0.1) is 6.92 Å². The minimum absolute atomic E-state index is 0.369. The molecule has 0 fully saturated rings. The third-order valence-electron chi connectivity index (χ3n) is 5.23. The molecule has 6 nitrogen and oxygen atoms in total. The van der Waals surface area contributed by atoms with E-state index in [9.17, 15) is 5.21 Å². The first-order valence-electron chi connectivity index (χ1n) is 9.88. The van der Waals surface area contributed by atoms with Crippen LogP contribution in [0.1, 0.15) is 41.0 Å². The minimum atomic E-state index is 0.369. The summed E-state index contributed by atoms with van der Waals surface area (Å²) in [4.78, 5) is 6.41. The van der Waals surface area contributed by atoms with Crippen LogP contribution in [0.2, 0.25) is 0 Å². The molecule has 0 spiro atoms. The molecule has 150 valence electrons. The molecule has 1 aliphatic rings. The highest BCUT2D eigenvalue weighted by molar-refractivity contribution is 6.00. The van der Waals surface area contributed by atoms with Crippen LogP contribution in [0.5, 0.6) is 11.6 Å². The van der Waals surface area contributed by atoms with E-state index in [4.69, 9.17) is 9.15 Å². The molecule has 0 saturated carbocycles. The second kappa shape index (κ2) is 8.39. The molecule has 4 rings (SSSR count). The predicted molar refractivity (Wildman–Crippen MR) is 111 cm³/mol. The van der Waals surface area contributed by atoms with Crippen LogP contribution >= 0.6 is 0 Å². The number of oxime groups is 1. The topological polar surface area (TPSA) is 71.1 Å². The van der Waals surface area contributed by atoms with Gasteiger partial charge in [-0.15, -0.1) is 0 Å². The third kappa shape index (κ3) is 4.11. The van der Waals surface area contributed by atoms with Gasteiger partial charge in [0.1, 0.15) is 11.5 Å². The van der Waals surface area contributed by atoms with Gasteiger partial charge in [0.2, 0.25) is 5.88 Å². The van der Waals surface area contributed by atoms with Gasteiger partial charge in [-0.3, -0.25) is 0 Å². The van der Waals surface area contributed by atoms with E-state index in [1.165, 1.54) is 17.5 Å². The van der Waals surface area contributed by atoms with E-state index >= 15 is 0 Å². The molecule has 0 amide bonds. The van der Waals surface area contributed by atoms with Crippen LogP contribution in [0.3, 0.4) is 0 Å². The van der Waals surface area contributed by atoms with Crippen LogP contribution in [-0.2, 0) is 19.4 Å². The van der Waals surface area contributed by atoms with Crippen molar-refractivity contribution in [2.24, 2.45) is 5.16 Å². The lowest BCUT2D eigenvalue weighted by molar-refractivity contribution is 0.302. The summed E-state index contributed by atoms with van der Waals surface area (Å²) in [5, 5.41) is 13.3. The summed E-state index contributed by atoms with van der Waals surface area (Å²) >= 11 is 0. The predicted octanol–water partition coefficient (Wildman–Crippen LogP) is 4.92. The number of benzene rings is 1. The van der Waals surface area contributed by atoms with Crippen molar-refractivity contribution in [2.45, 2.75) is 39.2 Å². The van der Waals surface area contributed by atoms with Gasteiger partial charge in [0.25, 0.3) is 0 Å². The Morgan fingerprint density at radius 2 is 2.03 bits per heavy atom. The van der Waals surface area contributed by atoms with Crippen molar-refractivity contribution in [3.05, 3.63) is 76.9 Å². The largest absolute Gasteiger partial charge is 0.467 e. The SMILES string of the molecule is Cc1ccc(/C(=N/O)N(C)Cc2ccco2)c(Oc2cccc3c2CCCC3)n1. The van der Waals surface area contributed by atoms with E-state index < -0.39 is 0 Å². The number of ether oxygens (including phenoxy) is 1. The van der Waals surface area contributed by atoms with Crippen molar-refractivity contribution in [3.63, 3.8) is 0 Å². The molecule has 0 bridgehead atoms. The molecule has 1 aliphatic carbocycles. The summed E-state index contributed by atoms with van der Waals surface area (Å²) in [5.41, 5.74) is 4.05. The molecule has 0 aliphatic heterocycles. The molecular formula is C23H25N3O3. The van der Waals surface area contributed by atoms with Gasteiger partial charge >= 0.3 is 0 Å². The fourth-order valence-corrected chi connectivity index (χ4v) is 3.77. The number of rotatable bonds is 5. The standard InChI is InChI=1S/C23H25N3O3/c1-16-12-13-20(22(25-27)26(2)15-18-9-6-14-28-18)23(24-16)29-21-11-5-8-17-7-3-4-10-19(17)21/h5-6,8-9,11-14,27H,3-4,7,10,15H2,1-2H3/b25-22-. The highest BCUT2D eigenvalue weighted by atomic mass is 16.5. The molecule has 2 aromatic heterocycles. The van der Waals surface area contributed by atoms with Gasteiger partial charge in [-0.2, -0.15) is 0 Å². The third-order valence-corrected chi connectivity index (χ3v) is 5.23. The van der Waals surface area contributed by atoms with E-state index in [1.807, 2.05) is 50.4 Å². The molecule has 29 heavy (non-hydrogen) atoms. The molecule has 6 heteroatoms. The maximum Gasteiger partial charge on any atom is 0.230 e. The van der Waals surface area contributed by atoms with E-state index in [1.54, 1.807) is 11.2 Å². The van der Waals surface area contributed by atoms with Gasteiger partial charge < -0.3 is 19.3 Å². The van der Waals surface area contributed by atoms with E-state index in [0.29, 0.717) is 23.8 Å². The number of furan rings is 1. The molecule has 0 saturated heterocycles. The van der Waals surface area contributed by atoms with Crippen LogP contribution in [0.25, 0.3) is 0 Å². The van der Waals surface area contributed by atoms with Gasteiger partial charge in [-0.05, 0) is 74.1 Å². The average molecular weight is 391 g/mol. The average Bonchev–Trinajstić information content (AvgIpc) is 3.23. The van der Waals surface area contributed by atoms with Crippen molar-refractivity contribution in [1.82, 2.24) is 9.88 Å². The van der Waals surface area contributed by atoms with Crippen LogP contribution in [0.15, 0.2) is 58.3 Å². The molecule has 1 N–H and O–H groups in total. The fourth-order valence-electron chi connectivity index (χ4n) is 3.77. The summed E-state index contributed by atoms with van der Waals surface area (Å²) in [7, 11) is 1.84. The highest BCUT2D eigenvalue weighted by Crippen LogP contribution is 2.33. The Kier molecular flexibility index (Phi) is 5.51. The quantitative estimate of drug-likeness (QED) is 0.289. The van der Waals surface area contributed by atoms with Crippen molar-refractivity contribution < 1.29 is 14.4 Å². The lowest BCUT2D eigenvalue weighted by atomic mass is 9.91. The lowest BCUT2D eigenvalue weighted by Crippen LogP contribution is -2.27. The summed E-state index contributed by atoms with van der Waals surface area (Å²) < 4.78 is 11.7. The van der Waals surface area contributed by atoms with Gasteiger partial charge in [0.05, 0.1) is 18.4 Å². The van der Waals surface area contributed by atoms with Crippen molar-refractivity contribution >= 4 is 5.84 Å². The van der Waals surface area contributed by atoms with E-state index in [0.717, 1.165) is 36.5 Å². The minimum Gasteiger partial charge on any atom is -0.467 e. The highest BCUT2D eigenvalue weighted by Gasteiger charge is 2.21. The Bertz CT molecular complexity index is 1010. The number of hydrogen-bond donors (Lipinski definition) is 1. The Hall–Kier alpha value is -3.28. The molecular weight excluding hydrogens is 366 g/mol. The molecule has 1 aromatic carbocycles. The number of hydrogen-bond acceptors (Lipinski definition) is 5. The van der Waals surface area contributed by atoms with E-state index in [-0.39, 0.29) is 0 Å². The second-order valence-corrected chi connectivity index (χ2v) is 7.37. The lowest BCUT2D eigenvalue weighted by Gasteiger charge is -2.22. The zero-order chi connectivity index (χ0) is 20.2. The molecule has 2 heterocycles. The summed E-state index contributed by atoms with van der Waals surface area (Å²) in [6, 6.07) is 13.7. The van der Waals surface area contributed by atoms with Gasteiger partial charge in [-0.1, -0.05) is 17.3 Å². The number of aromatic nitrogens is 1. The monoisotopic (exact) mass is 391 g/mol. The zero-order valence-electron chi connectivity index (χ0n) is 16.8. The molecule has 0 unspecified atom stereocenters. The second-order valence-electron chi connectivity index (χ2n) is 7.37. The van der Waals surface area contributed by atoms with Crippen molar-refractivity contribution in [3.8, 4) is 11.6 Å². The number of pyridine rings is 1. The van der Waals surface area contributed by atoms with Crippen molar-refractivity contribution in [1.29, 1.82) is 0 Å². The molecule has 0 atom stereocenters. The van der Waals surface area contributed by atoms with Crippen LogP contribution < -0.4 is 4.74 Å². The maximum atomic E-state index is 9.76. The Morgan fingerprint density at radius 1 is 1.17 bits per heavy atom. The van der Waals surface area contributed by atoms with Crippen LogP contribution in [0.4, 0.5) is 0 Å². The maximum absolute atomic E-state index is 9.76. The number of amidine groups is 1. The first-order chi connectivity index (χ1) is 14.2. The fraction of sp³-hybridized carbons (Fsp3) is 0.304. The van der Waals surface area contributed by atoms with Crippen LogP contribution in [-0.4, -0.2) is 28.0 Å². The Labute approximate surface area is 170 Å². The number of fused-ring (bicyclic) bond motifs is 1. The van der Waals surface area contributed by atoms with Crippen molar-refractivity contribution in [2.75, 3.05) is 7.05 Å². The summed E-state index contributed by atoms with van der Waals surface area (Å²) in [6.45, 7) is 2.37. The van der Waals surface area contributed by atoms with Gasteiger partial charge in [0.15, 0.2) is 5.84 Å². The number of nitrogens with zero attached hydrogens (tertiary/aromatic N) is 3. The smallest absolute Gasteiger partial charge is 0.230 e. The first-order valence-corrected chi connectivity index (χ1v) is 9.88. The summed E-state index contributed by atoms with van der Waals surface area (Å²) in [6.07, 6.45) is 6.08. The molecule has 0 radical (unpaired) electrons. The Balaban J connectivity index is 1.67.